The van der Waals surface area contributed by atoms with E-state index < -0.39 is 11.7 Å². The highest BCUT2D eigenvalue weighted by molar-refractivity contribution is 6.33. The molecule has 1 aliphatic heterocycles. The SMILES string of the molecule is C#CCN1C(=O)COc2ccc(-c3ncc(C(F)(F)F)cc3Cl)cc21. The van der Waals surface area contributed by atoms with E-state index >= 15 is 0 Å². The molecule has 0 fully saturated rings. The number of benzene rings is 1. The van der Waals surface area contributed by atoms with Crippen molar-refractivity contribution in [2.75, 3.05) is 18.1 Å². The zero-order valence-electron chi connectivity index (χ0n) is 12.6. The van der Waals surface area contributed by atoms with Crippen LogP contribution in [-0.4, -0.2) is 24.0 Å². The summed E-state index contributed by atoms with van der Waals surface area (Å²) in [6.45, 7) is -0.0832. The Balaban J connectivity index is 2.05. The molecule has 4 nitrogen and oxygen atoms in total. The van der Waals surface area contributed by atoms with Gasteiger partial charge >= 0.3 is 6.18 Å². The summed E-state index contributed by atoms with van der Waals surface area (Å²) < 4.78 is 43.5. The number of alkyl halides is 3. The lowest BCUT2D eigenvalue weighted by atomic mass is 10.1. The Labute approximate surface area is 146 Å². The summed E-state index contributed by atoms with van der Waals surface area (Å²) in [4.78, 5) is 17.1. The van der Waals surface area contributed by atoms with Gasteiger partial charge in [0.2, 0.25) is 0 Å². The fourth-order valence-corrected chi connectivity index (χ4v) is 2.69. The van der Waals surface area contributed by atoms with Gasteiger partial charge in [-0.2, -0.15) is 13.2 Å². The summed E-state index contributed by atoms with van der Waals surface area (Å²) in [6, 6.07) is 5.57. The highest BCUT2D eigenvalue weighted by atomic mass is 35.5. The van der Waals surface area contributed by atoms with Crippen LogP contribution in [0, 0.1) is 12.3 Å². The molecule has 2 aromatic rings. The number of terminal acetylenes is 1. The second-order valence-corrected chi connectivity index (χ2v) is 5.61. The molecule has 25 heavy (non-hydrogen) atoms. The lowest BCUT2D eigenvalue weighted by Gasteiger charge is -2.28. The van der Waals surface area contributed by atoms with Gasteiger partial charge < -0.3 is 4.74 Å². The summed E-state index contributed by atoms with van der Waals surface area (Å²) in [5, 5.41) is -0.152. The topological polar surface area (TPSA) is 42.4 Å². The number of ether oxygens (including phenoxy) is 1. The van der Waals surface area contributed by atoms with Crippen molar-refractivity contribution in [3.8, 4) is 29.4 Å². The predicted molar refractivity (Wildman–Crippen MR) is 86.4 cm³/mol. The van der Waals surface area contributed by atoms with Crippen LogP contribution >= 0.6 is 11.6 Å². The number of fused-ring (bicyclic) bond motifs is 1. The first-order chi connectivity index (χ1) is 11.8. The van der Waals surface area contributed by atoms with E-state index in [0.29, 0.717) is 23.2 Å². The molecule has 0 unspecified atom stereocenters. The molecular formula is C17H10ClF3N2O2. The lowest BCUT2D eigenvalue weighted by molar-refractivity contribution is -0.137. The van der Waals surface area contributed by atoms with Crippen molar-refractivity contribution in [3.63, 3.8) is 0 Å². The Morgan fingerprint density at radius 3 is 2.76 bits per heavy atom. The third-order valence-electron chi connectivity index (χ3n) is 3.59. The summed E-state index contributed by atoms with van der Waals surface area (Å²) in [7, 11) is 0. The van der Waals surface area contributed by atoms with Crippen LogP contribution in [0.2, 0.25) is 5.02 Å². The van der Waals surface area contributed by atoms with Crippen molar-refractivity contribution in [3.05, 3.63) is 41.0 Å². The van der Waals surface area contributed by atoms with Crippen LogP contribution < -0.4 is 9.64 Å². The van der Waals surface area contributed by atoms with Crippen LogP contribution in [0.15, 0.2) is 30.5 Å². The molecule has 0 atom stereocenters. The number of amides is 1. The Kier molecular flexibility index (Phi) is 4.31. The standard InChI is InChI=1S/C17H10ClF3N2O2/c1-2-5-23-13-6-10(3-4-14(13)25-9-15(23)24)16-12(18)7-11(8-22-16)17(19,20)21/h1,3-4,6-8H,5,9H2. The van der Waals surface area contributed by atoms with E-state index in [4.69, 9.17) is 22.8 Å². The van der Waals surface area contributed by atoms with Gasteiger partial charge in [0.05, 0.1) is 28.5 Å². The first-order valence-corrected chi connectivity index (χ1v) is 7.43. The van der Waals surface area contributed by atoms with E-state index in [0.717, 1.165) is 6.07 Å². The van der Waals surface area contributed by atoms with Crippen molar-refractivity contribution in [2.24, 2.45) is 0 Å². The summed E-state index contributed by atoms with van der Waals surface area (Å²) in [5.41, 5.74) is 0.0880. The Morgan fingerprint density at radius 1 is 1.36 bits per heavy atom. The van der Waals surface area contributed by atoms with Gasteiger partial charge in [-0.05, 0) is 24.3 Å². The molecule has 0 N–H and O–H groups in total. The van der Waals surface area contributed by atoms with Crippen molar-refractivity contribution in [1.29, 1.82) is 0 Å². The summed E-state index contributed by atoms with van der Waals surface area (Å²) >= 11 is 5.97. The normalized spacial score (nSPS) is 13.9. The van der Waals surface area contributed by atoms with Crippen molar-refractivity contribution in [2.45, 2.75) is 6.18 Å². The van der Waals surface area contributed by atoms with Gasteiger partial charge in [-0.15, -0.1) is 6.42 Å². The van der Waals surface area contributed by atoms with Gasteiger partial charge in [0.15, 0.2) is 6.61 Å². The lowest BCUT2D eigenvalue weighted by Crippen LogP contribution is -2.39. The smallest absolute Gasteiger partial charge is 0.417 e. The zero-order valence-corrected chi connectivity index (χ0v) is 13.4. The zero-order chi connectivity index (χ0) is 18.2. The largest absolute Gasteiger partial charge is 0.482 e. The molecular weight excluding hydrogens is 357 g/mol. The van der Waals surface area contributed by atoms with Crippen molar-refractivity contribution in [1.82, 2.24) is 4.98 Å². The molecule has 128 valence electrons. The number of rotatable bonds is 2. The van der Waals surface area contributed by atoms with E-state index in [9.17, 15) is 18.0 Å². The van der Waals surface area contributed by atoms with E-state index in [1.165, 1.54) is 4.90 Å². The Hall–Kier alpha value is -2.72. The number of nitrogens with zero attached hydrogens (tertiary/aromatic N) is 2. The average molecular weight is 367 g/mol. The Bertz CT molecular complexity index is 890. The molecule has 0 aliphatic carbocycles. The van der Waals surface area contributed by atoms with Gasteiger partial charge in [-0.25, -0.2) is 0 Å². The van der Waals surface area contributed by atoms with E-state index in [1.807, 2.05) is 0 Å². The molecule has 0 saturated heterocycles. The van der Waals surface area contributed by atoms with E-state index in [-0.39, 0.29) is 29.8 Å². The fraction of sp³-hybridized carbons (Fsp3) is 0.176. The molecule has 1 aromatic heterocycles. The van der Waals surface area contributed by atoms with E-state index in [1.54, 1.807) is 18.2 Å². The van der Waals surface area contributed by atoms with Crippen LogP contribution in [0.3, 0.4) is 0 Å². The van der Waals surface area contributed by atoms with E-state index in [2.05, 4.69) is 10.9 Å². The maximum atomic E-state index is 12.7. The van der Waals surface area contributed by atoms with Crippen LogP contribution in [0.25, 0.3) is 11.3 Å². The second kappa shape index (κ2) is 6.30. The molecule has 0 radical (unpaired) electrons. The molecule has 1 amide bonds. The monoisotopic (exact) mass is 366 g/mol. The number of hydrogen-bond donors (Lipinski definition) is 0. The number of halogens is 4. The first-order valence-electron chi connectivity index (χ1n) is 7.05. The molecule has 0 bridgehead atoms. The molecule has 8 heteroatoms. The van der Waals surface area contributed by atoms with Crippen LogP contribution in [0.1, 0.15) is 5.56 Å². The van der Waals surface area contributed by atoms with Crippen molar-refractivity contribution >= 4 is 23.2 Å². The highest BCUT2D eigenvalue weighted by Crippen LogP contribution is 2.38. The minimum Gasteiger partial charge on any atom is -0.482 e. The van der Waals surface area contributed by atoms with Gasteiger partial charge in [-0.1, -0.05) is 17.5 Å². The quantitative estimate of drug-likeness (QED) is 0.760. The number of carbonyl (C=O) groups is 1. The highest BCUT2D eigenvalue weighted by Gasteiger charge is 2.32. The number of hydrogen-bond acceptors (Lipinski definition) is 3. The second-order valence-electron chi connectivity index (χ2n) is 5.21. The van der Waals surface area contributed by atoms with Gasteiger partial charge in [0.25, 0.3) is 5.91 Å². The number of anilines is 1. The number of aromatic nitrogens is 1. The third-order valence-corrected chi connectivity index (χ3v) is 3.88. The Morgan fingerprint density at radius 2 is 2.12 bits per heavy atom. The predicted octanol–water partition coefficient (Wildman–Crippen LogP) is 3.78. The minimum atomic E-state index is -4.53. The van der Waals surface area contributed by atoms with Crippen LogP contribution in [0.4, 0.5) is 18.9 Å². The molecule has 1 aliphatic rings. The van der Waals surface area contributed by atoms with Crippen molar-refractivity contribution < 1.29 is 22.7 Å². The molecule has 0 saturated carbocycles. The van der Waals surface area contributed by atoms with Crippen LogP contribution in [0.5, 0.6) is 5.75 Å². The molecule has 0 spiro atoms. The average Bonchev–Trinajstić information content (AvgIpc) is 2.56. The maximum absolute atomic E-state index is 12.7. The first kappa shape index (κ1) is 17.1. The summed E-state index contributed by atoms with van der Waals surface area (Å²) in [5.74, 6) is 2.52. The third kappa shape index (κ3) is 3.26. The molecule has 2 heterocycles. The van der Waals surface area contributed by atoms with Crippen LogP contribution in [-0.2, 0) is 11.0 Å². The number of carbonyl (C=O) groups excluding carboxylic acids is 1. The number of pyridine rings is 1. The maximum Gasteiger partial charge on any atom is 0.417 e. The van der Waals surface area contributed by atoms with Gasteiger partial charge in [0, 0.05) is 11.8 Å². The van der Waals surface area contributed by atoms with Gasteiger partial charge in [0.1, 0.15) is 5.75 Å². The van der Waals surface area contributed by atoms with Gasteiger partial charge in [-0.3, -0.25) is 14.7 Å². The molecule has 1 aromatic carbocycles. The molecule has 3 rings (SSSR count). The minimum absolute atomic E-state index is 0.0484. The summed E-state index contributed by atoms with van der Waals surface area (Å²) in [6.07, 6.45) is 1.46. The fourth-order valence-electron chi connectivity index (χ4n) is 2.42.